The van der Waals surface area contributed by atoms with E-state index in [9.17, 15) is 19.3 Å². The van der Waals surface area contributed by atoms with Gasteiger partial charge in [-0.25, -0.2) is 4.39 Å². The third-order valence-corrected chi connectivity index (χ3v) is 4.43. The minimum absolute atomic E-state index is 0.0749. The highest BCUT2D eigenvalue weighted by molar-refractivity contribution is 7.99. The van der Waals surface area contributed by atoms with Crippen LogP contribution in [0.1, 0.15) is 10.4 Å². The molecule has 0 atom stereocenters. The monoisotopic (exact) mass is 380 g/mol. The van der Waals surface area contributed by atoms with Gasteiger partial charge < -0.3 is 14.7 Å². The van der Waals surface area contributed by atoms with E-state index in [0.717, 1.165) is 23.9 Å². The molecule has 2 aromatic carbocycles. The van der Waals surface area contributed by atoms with Crippen LogP contribution in [-0.4, -0.2) is 48.1 Å². The highest BCUT2D eigenvalue weighted by Gasteiger charge is 2.20. The maximum Gasteiger partial charge on any atom is 0.286 e. The molecule has 0 aromatic heterocycles. The summed E-state index contributed by atoms with van der Waals surface area (Å²) < 4.78 is 18.6. The third-order valence-electron chi connectivity index (χ3n) is 3.29. The third kappa shape index (κ3) is 4.70. The highest BCUT2D eigenvalue weighted by atomic mass is 32.2. The second kappa shape index (κ2) is 8.63. The lowest BCUT2D eigenvalue weighted by molar-refractivity contribution is -0.387. The Kier molecular flexibility index (Phi) is 6.53. The predicted molar refractivity (Wildman–Crippen MR) is 94.2 cm³/mol. The maximum atomic E-state index is 13.3. The lowest BCUT2D eigenvalue weighted by Gasteiger charge is -2.15. The number of hydrogen-bond donors (Lipinski definition) is 1. The second-order valence-corrected chi connectivity index (χ2v) is 6.48. The Morgan fingerprint density at radius 3 is 2.58 bits per heavy atom. The zero-order valence-corrected chi connectivity index (χ0v) is 15.0. The number of nitro groups is 1. The molecule has 0 radical (unpaired) electrons. The molecular formula is C17H17FN2O5S. The summed E-state index contributed by atoms with van der Waals surface area (Å²) in [5.74, 6) is -0.632. The number of amides is 1. The smallest absolute Gasteiger partial charge is 0.286 e. The first-order chi connectivity index (χ1) is 12.3. The number of benzene rings is 2. The number of nitrogens with zero attached hydrogens (tertiary/aromatic N) is 2. The van der Waals surface area contributed by atoms with E-state index in [-0.39, 0.29) is 35.3 Å². The van der Waals surface area contributed by atoms with E-state index in [4.69, 9.17) is 9.84 Å². The Morgan fingerprint density at radius 2 is 1.96 bits per heavy atom. The summed E-state index contributed by atoms with van der Waals surface area (Å²) in [5, 5.41) is 20.0. The van der Waals surface area contributed by atoms with Gasteiger partial charge >= 0.3 is 0 Å². The number of nitro benzene ring substituents is 1. The largest absolute Gasteiger partial charge is 0.491 e. The zero-order chi connectivity index (χ0) is 19.3. The fraction of sp³-hybridized carbons (Fsp3) is 0.235. The van der Waals surface area contributed by atoms with E-state index in [2.05, 4.69) is 0 Å². The van der Waals surface area contributed by atoms with Crippen LogP contribution in [0.25, 0.3) is 0 Å². The fourth-order valence-electron chi connectivity index (χ4n) is 2.10. The molecule has 0 aliphatic rings. The van der Waals surface area contributed by atoms with Crippen molar-refractivity contribution in [2.24, 2.45) is 0 Å². The van der Waals surface area contributed by atoms with Crippen molar-refractivity contribution in [1.82, 2.24) is 4.90 Å². The normalized spacial score (nSPS) is 10.5. The number of ether oxygens (including phenoxy) is 1. The first kappa shape index (κ1) is 19.7. The number of hydrogen-bond acceptors (Lipinski definition) is 6. The maximum absolute atomic E-state index is 13.3. The quantitative estimate of drug-likeness (QED) is 0.586. The minimum atomic E-state index is -0.710. The zero-order valence-electron chi connectivity index (χ0n) is 14.1. The molecule has 0 aliphatic heterocycles. The molecule has 0 unspecified atom stereocenters. The van der Waals surface area contributed by atoms with E-state index >= 15 is 0 Å². The average molecular weight is 380 g/mol. The first-order valence-electron chi connectivity index (χ1n) is 7.54. The Morgan fingerprint density at radius 1 is 1.27 bits per heavy atom. The Bertz CT molecular complexity index is 829. The number of aliphatic hydroxyl groups excluding tert-OH is 1. The van der Waals surface area contributed by atoms with Crippen molar-refractivity contribution in [3.63, 3.8) is 0 Å². The van der Waals surface area contributed by atoms with Gasteiger partial charge in [0.15, 0.2) is 0 Å². The van der Waals surface area contributed by atoms with Gasteiger partial charge in [0.25, 0.3) is 11.6 Å². The highest BCUT2D eigenvalue weighted by Crippen LogP contribution is 2.38. The summed E-state index contributed by atoms with van der Waals surface area (Å²) in [6, 6.07) is 7.98. The predicted octanol–water partition coefficient (Wildman–Crippen LogP) is 2.96. The van der Waals surface area contributed by atoms with Gasteiger partial charge in [-0.1, -0.05) is 11.8 Å². The molecule has 1 amide bonds. The van der Waals surface area contributed by atoms with Crippen LogP contribution in [0.5, 0.6) is 5.75 Å². The van der Waals surface area contributed by atoms with Crippen molar-refractivity contribution in [1.29, 1.82) is 0 Å². The molecule has 0 saturated carbocycles. The molecule has 0 fully saturated rings. The SMILES string of the molecule is CN(C)C(=O)c1cc(OCCO)ccc1Sc1ccc(F)cc1[N+](=O)[O-]. The van der Waals surface area contributed by atoms with Crippen LogP contribution >= 0.6 is 11.8 Å². The summed E-state index contributed by atoms with van der Waals surface area (Å²) in [7, 11) is 3.16. The van der Waals surface area contributed by atoms with Crippen LogP contribution in [-0.2, 0) is 0 Å². The van der Waals surface area contributed by atoms with Gasteiger partial charge in [-0.05, 0) is 30.3 Å². The summed E-state index contributed by atoms with van der Waals surface area (Å²) >= 11 is 0.995. The molecule has 138 valence electrons. The fourth-order valence-corrected chi connectivity index (χ4v) is 3.10. The molecule has 9 heteroatoms. The number of halogens is 1. The van der Waals surface area contributed by atoms with Crippen molar-refractivity contribution in [2.75, 3.05) is 27.3 Å². The summed E-state index contributed by atoms with van der Waals surface area (Å²) in [6.45, 7) is -0.0965. The van der Waals surface area contributed by atoms with Crippen LogP contribution in [0, 0.1) is 15.9 Å². The molecule has 26 heavy (non-hydrogen) atoms. The standard InChI is InChI=1S/C17H17FN2O5S/c1-19(2)17(22)13-10-12(25-8-7-21)4-6-15(13)26-16-5-3-11(18)9-14(16)20(23)24/h3-6,9-10,21H,7-8H2,1-2H3. The molecule has 7 nitrogen and oxygen atoms in total. The van der Waals surface area contributed by atoms with Crippen LogP contribution in [0.15, 0.2) is 46.2 Å². The molecule has 0 bridgehead atoms. The molecule has 2 rings (SSSR count). The van der Waals surface area contributed by atoms with Crippen molar-refractivity contribution >= 4 is 23.4 Å². The van der Waals surface area contributed by atoms with Gasteiger partial charge in [-0.2, -0.15) is 0 Å². The minimum Gasteiger partial charge on any atom is -0.491 e. The average Bonchev–Trinajstić information content (AvgIpc) is 2.61. The Hall–Kier alpha value is -2.65. The van der Waals surface area contributed by atoms with E-state index in [1.165, 1.54) is 17.0 Å². The Balaban J connectivity index is 2.45. The molecule has 2 aromatic rings. The number of carbonyl (C=O) groups excluding carboxylic acids is 1. The lowest BCUT2D eigenvalue weighted by atomic mass is 10.2. The van der Waals surface area contributed by atoms with Gasteiger partial charge in [0.2, 0.25) is 0 Å². The number of aliphatic hydroxyl groups is 1. The second-order valence-electron chi connectivity index (χ2n) is 5.40. The molecular weight excluding hydrogens is 363 g/mol. The number of rotatable bonds is 7. The summed E-state index contributed by atoms with van der Waals surface area (Å²) in [4.78, 5) is 25.0. The van der Waals surface area contributed by atoms with Crippen LogP contribution in [0.3, 0.4) is 0 Å². The van der Waals surface area contributed by atoms with Crippen molar-refractivity contribution in [3.8, 4) is 5.75 Å². The van der Waals surface area contributed by atoms with Gasteiger partial charge in [0, 0.05) is 19.0 Å². The van der Waals surface area contributed by atoms with Crippen molar-refractivity contribution in [3.05, 3.63) is 57.9 Å². The molecule has 0 heterocycles. The van der Waals surface area contributed by atoms with E-state index in [1.807, 2.05) is 0 Å². The summed E-state index contributed by atoms with van der Waals surface area (Å²) in [5.41, 5.74) is -0.0899. The van der Waals surface area contributed by atoms with Crippen LogP contribution in [0.4, 0.5) is 10.1 Å². The number of carbonyl (C=O) groups is 1. The van der Waals surface area contributed by atoms with E-state index < -0.39 is 10.7 Å². The topological polar surface area (TPSA) is 92.9 Å². The lowest BCUT2D eigenvalue weighted by Crippen LogP contribution is -2.22. The molecule has 1 N–H and O–H groups in total. The summed E-state index contributed by atoms with van der Waals surface area (Å²) in [6.07, 6.45) is 0. The van der Waals surface area contributed by atoms with Crippen molar-refractivity contribution in [2.45, 2.75) is 9.79 Å². The van der Waals surface area contributed by atoms with Crippen LogP contribution in [0.2, 0.25) is 0 Å². The van der Waals surface area contributed by atoms with Gasteiger partial charge in [-0.15, -0.1) is 0 Å². The molecule has 0 aliphatic carbocycles. The van der Waals surface area contributed by atoms with Gasteiger partial charge in [0.05, 0.1) is 28.1 Å². The van der Waals surface area contributed by atoms with Gasteiger partial charge in [-0.3, -0.25) is 14.9 Å². The molecule has 0 spiro atoms. The van der Waals surface area contributed by atoms with E-state index in [0.29, 0.717) is 10.6 Å². The van der Waals surface area contributed by atoms with Crippen molar-refractivity contribution < 1.29 is 24.0 Å². The Labute approximate surface area is 153 Å². The van der Waals surface area contributed by atoms with Crippen LogP contribution < -0.4 is 4.74 Å². The first-order valence-corrected chi connectivity index (χ1v) is 8.36. The van der Waals surface area contributed by atoms with Gasteiger partial charge in [0.1, 0.15) is 18.2 Å². The van der Waals surface area contributed by atoms with E-state index in [1.54, 1.807) is 26.2 Å². The molecule has 0 saturated heterocycles.